The predicted molar refractivity (Wildman–Crippen MR) is 123 cm³/mol. The molecule has 3 aromatic rings. The van der Waals surface area contributed by atoms with Gasteiger partial charge in [0.15, 0.2) is 0 Å². The Kier molecular flexibility index (Phi) is 6.00. The van der Waals surface area contributed by atoms with Gasteiger partial charge in [-0.2, -0.15) is 0 Å². The van der Waals surface area contributed by atoms with Crippen molar-refractivity contribution in [1.29, 1.82) is 0 Å². The van der Waals surface area contributed by atoms with Crippen molar-refractivity contribution >= 4 is 21.9 Å². The van der Waals surface area contributed by atoms with E-state index in [1.165, 1.54) is 11.1 Å². The van der Waals surface area contributed by atoms with E-state index in [1.807, 2.05) is 0 Å². The maximum Gasteiger partial charge on any atom is 0.250 e. The van der Waals surface area contributed by atoms with Crippen LogP contribution in [0.5, 0.6) is 0 Å². The number of rotatable bonds is 7. The minimum absolute atomic E-state index is 0.0542. The number of likely N-dealkylation sites (tertiary alicyclic amines) is 1. The van der Waals surface area contributed by atoms with Gasteiger partial charge in [-0.1, -0.05) is 24.3 Å². The van der Waals surface area contributed by atoms with Gasteiger partial charge in [0.05, 0.1) is 11.8 Å². The maximum absolute atomic E-state index is 12.6. The molecule has 2 aromatic heterocycles. The number of anilines is 1. The first-order valence-corrected chi connectivity index (χ1v) is 12.9. The Hall–Kier alpha value is -3.38. The van der Waals surface area contributed by atoms with Gasteiger partial charge in [0, 0.05) is 37.6 Å². The van der Waals surface area contributed by atoms with Crippen LogP contribution in [-0.2, 0) is 34.1 Å². The van der Waals surface area contributed by atoms with Gasteiger partial charge in [0.1, 0.15) is 6.42 Å². The number of carbonyl (C=O) groups excluding carboxylic acids is 1. The van der Waals surface area contributed by atoms with Crippen LogP contribution in [-0.4, -0.2) is 70.8 Å². The second-order valence-electron chi connectivity index (χ2n) is 8.71. The third-order valence-electron chi connectivity index (χ3n) is 5.97. The van der Waals surface area contributed by atoms with Crippen molar-refractivity contribution < 1.29 is 17.6 Å². The van der Waals surface area contributed by atoms with Gasteiger partial charge in [-0.05, 0) is 30.4 Å². The van der Waals surface area contributed by atoms with Crippen molar-refractivity contribution in [2.75, 3.05) is 24.7 Å². The van der Waals surface area contributed by atoms with E-state index in [-0.39, 0.29) is 36.2 Å². The average molecular weight is 484 g/mol. The highest BCUT2D eigenvalue weighted by atomic mass is 32.2. The first kappa shape index (κ1) is 22.4. The zero-order valence-corrected chi connectivity index (χ0v) is 19.5. The van der Waals surface area contributed by atoms with Crippen LogP contribution in [0, 0.1) is 0 Å². The fourth-order valence-electron chi connectivity index (χ4n) is 4.43. The summed E-state index contributed by atoms with van der Waals surface area (Å²) in [5.41, 5.74) is 3.26. The summed E-state index contributed by atoms with van der Waals surface area (Å²) >= 11 is 0. The predicted octanol–water partition coefficient (Wildman–Crippen LogP) is 0.799. The SMILES string of the molecule is CS(=O)(=O)NC1CCN(C(=O)Cc2nnc(-c3cnc(NC4Cc5ccccc5C4)nc3)o2)C1. The summed E-state index contributed by atoms with van der Waals surface area (Å²) in [5.74, 6) is 0.759. The number of hydrogen-bond acceptors (Lipinski definition) is 9. The Labute approximate surface area is 197 Å². The summed E-state index contributed by atoms with van der Waals surface area (Å²) in [5, 5.41) is 11.3. The van der Waals surface area contributed by atoms with Gasteiger partial charge >= 0.3 is 0 Å². The smallest absolute Gasteiger partial charge is 0.250 e. The highest BCUT2D eigenvalue weighted by molar-refractivity contribution is 7.88. The normalized spacial score (nSPS) is 18.3. The molecule has 1 aliphatic carbocycles. The molecule has 12 heteroatoms. The Morgan fingerprint density at radius 2 is 1.82 bits per heavy atom. The van der Waals surface area contributed by atoms with E-state index in [0.717, 1.165) is 19.1 Å². The van der Waals surface area contributed by atoms with E-state index in [9.17, 15) is 13.2 Å². The number of carbonyl (C=O) groups is 1. The Morgan fingerprint density at radius 1 is 1.12 bits per heavy atom. The molecule has 0 bridgehead atoms. The van der Waals surface area contributed by atoms with Crippen LogP contribution in [0.2, 0.25) is 0 Å². The quantitative estimate of drug-likeness (QED) is 0.499. The first-order valence-electron chi connectivity index (χ1n) is 11.1. The molecule has 0 radical (unpaired) electrons. The van der Waals surface area contributed by atoms with Crippen LogP contribution in [0.25, 0.3) is 11.5 Å². The molecule has 1 saturated heterocycles. The molecule has 2 N–H and O–H groups in total. The van der Waals surface area contributed by atoms with Gasteiger partial charge in [-0.25, -0.2) is 23.1 Å². The second-order valence-corrected chi connectivity index (χ2v) is 10.5. The summed E-state index contributed by atoms with van der Waals surface area (Å²) in [7, 11) is -3.31. The lowest BCUT2D eigenvalue weighted by atomic mass is 10.1. The summed E-state index contributed by atoms with van der Waals surface area (Å²) in [6, 6.07) is 8.37. The van der Waals surface area contributed by atoms with Crippen molar-refractivity contribution in [3.05, 3.63) is 53.7 Å². The molecule has 0 saturated carbocycles. The summed E-state index contributed by atoms with van der Waals surface area (Å²) in [6.45, 7) is 0.794. The van der Waals surface area contributed by atoms with Crippen LogP contribution in [0.15, 0.2) is 41.1 Å². The molecule has 5 rings (SSSR count). The molecule has 0 spiro atoms. The maximum atomic E-state index is 12.6. The standard InChI is InChI=1S/C22H25N7O4S/c1-34(31,32)28-17-6-7-29(13-17)20(30)10-19-26-27-21(33-19)16-11-23-22(24-12-16)25-18-8-14-4-2-3-5-15(14)9-18/h2-5,11-12,17-18,28H,6-10,13H2,1H3,(H,23,24,25). The molecule has 11 nitrogen and oxygen atoms in total. The summed E-state index contributed by atoms with van der Waals surface area (Å²) in [4.78, 5) is 22.9. The fourth-order valence-corrected chi connectivity index (χ4v) is 5.22. The lowest BCUT2D eigenvalue weighted by molar-refractivity contribution is -0.129. The molecule has 3 heterocycles. The van der Waals surface area contributed by atoms with Gasteiger partial charge < -0.3 is 14.6 Å². The molecule has 1 unspecified atom stereocenters. The molecule has 1 fully saturated rings. The Morgan fingerprint density at radius 3 is 2.50 bits per heavy atom. The monoisotopic (exact) mass is 483 g/mol. The minimum Gasteiger partial charge on any atom is -0.420 e. The van der Waals surface area contributed by atoms with Crippen LogP contribution < -0.4 is 10.0 Å². The summed E-state index contributed by atoms with van der Waals surface area (Å²) < 4.78 is 30.9. The highest BCUT2D eigenvalue weighted by Crippen LogP contribution is 2.24. The van der Waals surface area contributed by atoms with Crippen molar-refractivity contribution in [3.8, 4) is 11.5 Å². The lowest BCUT2D eigenvalue weighted by Gasteiger charge is -2.15. The molecule has 1 aliphatic heterocycles. The molecule has 1 aromatic carbocycles. The number of sulfonamides is 1. The van der Waals surface area contributed by atoms with E-state index < -0.39 is 10.0 Å². The Balaban J connectivity index is 1.15. The number of fused-ring (bicyclic) bond motifs is 1. The third kappa shape index (κ3) is 5.23. The lowest BCUT2D eigenvalue weighted by Crippen LogP contribution is -2.38. The van der Waals surface area contributed by atoms with E-state index in [0.29, 0.717) is 31.0 Å². The second kappa shape index (κ2) is 9.11. The largest absolute Gasteiger partial charge is 0.420 e. The number of amides is 1. The summed E-state index contributed by atoms with van der Waals surface area (Å²) in [6.07, 6.45) is 6.71. The molecule has 2 aliphatic rings. The number of nitrogens with zero attached hydrogens (tertiary/aromatic N) is 5. The van der Waals surface area contributed by atoms with Crippen molar-refractivity contribution in [2.45, 2.75) is 37.8 Å². The van der Waals surface area contributed by atoms with Crippen LogP contribution in [0.1, 0.15) is 23.4 Å². The van der Waals surface area contributed by atoms with Crippen molar-refractivity contribution in [1.82, 2.24) is 29.8 Å². The van der Waals surface area contributed by atoms with Gasteiger partial charge in [-0.15, -0.1) is 10.2 Å². The van der Waals surface area contributed by atoms with E-state index >= 15 is 0 Å². The molecular formula is C22H25N7O4S. The van der Waals surface area contributed by atoms with E-state index in [2.05, 4.69) is 54.5 Å². The first-order chi connectivity index (χ1) is 16.3. The van der Waals surface area contributed by atoms with E-state index in [1.54, 1.807) is 17.3 Å². The third-order valence-corrected chi connectivity index (χ3v) is 6.74. The number of nitrogens with one attached hydrogen (secondary N) is 2. The zero-order chi connectivity index (χ0) is 23.7. The van der Waals surface area contributed by atoms with Crippen molar-refractivity contribution in [2.24, 2.45) is 0 Å². The molecule has 34 heavy (non-hydrogen) atoms. The number of aromatic nitrogens is 4. The molecule has 1 amide bonds. The number of hydrogen-bond donors (Lipinski definition) is 2. The van der Waals surface area contributed by atoms with Crippen LogP contribution in [0.3, 0.4) is 0 Å². The Bertz CT molecular complexity index is 1270. The van der Waals surface area contributed by atoms with Gasteiger partial charge in [0.2, 0.25) is 27.8 Å². The zero-order valence-electron chi connectivity index (χ0n) is 18.6. The van der Waals surface area contributed by atoms with Crippen LogP contribution >= 0.6 is 0 Å². The highest BCUT2D eigenvalue weighted by Gasteiger charge is 2.29. The number of benzene rings is 1. The van der Waals surface area contributed by atoms with Gasteiger partial charge in [0.25, 0.3) is 5.89 Å². The van der Waals surface area contributed by atoms with Crippen molar-refractivity contribution in [3.63, 3.8) is 0 Å². The minimum atomic E-state index is -3.31. The van der Waals surface area contributed by atoms with E-state index in [4.69, 9.17) is 4.42 Å². The fraction of sp³-hybridized carbons (Fsp3) is 0.409. The van der Waals surface area contributed by atoms with Gasteiger partial charge in [-0.3, -0.25) is 4.79 Å². The molecule has 1 atom stereocenters. The topological polar surface area (TPSA) is 143 Å². The molecular weight excluding hydrogens is 458 g/mol. The van der Waals surface area contributed by atoms with Crippen LogP contribution in [0.4, 0.5) is 5.95 Å². The molecule has 178 valence electrons. The average Bonchev–Trinajstić information content (AvgIpc) is 3.52.